The van der Waals surface area contributed by atoms with Crippen LogP contribution < -0.4 is 15.4 Å². The summed E-state index contributed by atoms with van der Waals surface area (Å²) >= 11 is 0. The number of likely N-dealkylation sites (tertiary alicyclic amines) is 1. The summed E-state index contributed by atoms with van der Waals surface area (Å²) < 4.78 is 5.70. The Morgan fingerprint density at radius 3 is 2.02 bits per heavy atom. The highest BCUT2D eigenvalue weighted by atomic mass is 16.5. The van der Waals surface area contributed by atoms with Gasteiger partial charge in [0.25, 0.3) is 5.91 Å². The van der Waals surface area contributed by atoms with Crippen molar-refractivity contribution in [1.82, 2.24) is 15.5 Å². The number of carbonyl (C=O) groups is 3. The van der Waals surface area contributed by atoms with Gasteiger partial charge in [-0.15, -0.1) is 0 Å². The molecule has 1 fully saturated rings. The lowest BCUT2D eigenvalue weighted by atomic mass is 9.81. The maximum Gasteiger partial charge on any atom is 0.252 e. The molecule has 0 saturated carbocycles. The van der Waals surface area contributed by atoms with Crippen LogP contribution in [0.2, 0.25) is 0 Å². The third-order valence-corrected chi connectivity index (χ3v) is 9.04. The van der Waals surface area contributed by atoms with Crippen molar-refractivity contribution in [3.63, 3.8) is 0 Å². The van der Waals surface area contributed by atoms with Gasteiger partial charge in [0.2, 0.25) is 11.8 Å². The molecule has 0 aromatic heterocycles. The molecule has 3 amide bonds. The van der Waals surface area contributed by atoms with E-state index in [0.717, 1.165) is 29.5 Å². The monoisotopic (exact) mass is 625 g/mol. The minimum atomic E-state index is -0.782. The Morgan fingerprint density at radius 2 is 1.43 bits per heavy atom. The first kappa shape index (κ1) is 34.7. The smallest absolute Gasteiger partial charge is 0.252 e. The fraction of sp³-hybridized carbons (Fsp3) is 0.462. The fourth-order valence-electron chi connectivity index (χ4n) is 5.88. The van der Waals surface area contributed by atoms with Crippen LogP contribution in [-0.2, 0) is 15.0 Å². The molecule has 1 aliphatic rings. The van der Waals surface area contributed by atoms with Gasteiger partial charge in [0.05, 0.1) is 12.7 Å². The molecule has 0 aliphatic carbocycles. The second kappa shape index (κ2) is 14.1. The first-order chi connectivity index (χ1) is 21.6. The quantitative estimate of drug-likeness (QED) is 0.232. The van der Waals surface area contributed by atoms with Gasteiger partial charge in [0.15, 0.2) is 0 Å². The molecular formula is C39H51N3O4. The molecule has 1 heterocycles. The number of nitrogens with one attached hydrogen (secondary N) is 2. The molecule has 3 aromatic rings. The lowest BCUT2D eigenvalue weighted by Crippen LogP contribution is -2.48. The molecular weight excluding hydrogens is 574 g/mol. The minimum absolute atomic E-state index is 0.0140. The molecule has 3 aromatic carbocycles. The van der Waals surface area contributed by atoms with Crippen LogP contribution in [0, 0.1) is 5.41 Å². The van der Waals surface area contributed by atoms with E-state index in [-0.39, 0.29) is 23.1 Å². The van der Waals surface area contributed by atoms with Crippen LogP contribution >= 0.6 is 0 Å². The van der Waals surface area contributed by atoms with Gasteiger partial charge in [-0.05, 0) is 73.8 Å². The Morgan fingerprint density at radius 1 is 0.804 bits per heavy atom. The Labute approximate surface area is 275 Å². The fourth-order valence-corrected chi connectivity index (χ4v) is 5.88. The SMILES string of the molecule is COc1cccc(C(=O)NC(C)(C)CCC(C)(C)C(=O)N[C@H](C(=O)N2CCCC2)c2ccccc2)c1-c1ccc(C(C)(C)C)cc1. The molecule has 2 N–H and O–H groups in total. The van der Waals surface area contributed by atoms with Gasteiger partial charge in [0, 0.05) is 29.6 Å². The van der Waals surface area contributed by atoms with Crippen LogP contribution in [0.1, 0.15) is 102 Å². The van der Waals surface area contributed by atoms with E-state index in [0.29, 0.717) is 37.2 Å². The van der Waals surface area contributed by atoms with Crippen LogP contribution in [0.4, 0.5) is 0 Å². The van der Waals surface area contributed by atoms with Crippen molar-refractivity contribution >= 4 is 17.7 Å². The van der Waals surface area contributed by atoms with Crippen LogP contribution in [0.3, 0.4) is 0 Å². The molecule has 7 nitrogen and oxygen atoms in total. The summed E-state index contributed by atoms with van der Waals surface area (Å²) in [4.78, 5) is 42.8. The van der Waals surface area contributed by atoms with E-state index in [2.05, 4.69) is 43.5 Å². The van der Waals surface area contributed by atoms with Crippen molar-refractivity contribution in [3.05, 3.63) is 89.5 Å². The van der Waals surface area contributed by atoms with Crippen molar-refractivity contribution in [2.24, 2.45) is 5.41 Å². The summed E-state index contributed by atoms with van der Waals surface area (Å²) in [6, 6.07) is 22.5. The van der Waals surface area contributed by atoms with E-state index in [1.807, 2.05) is 93.3 Å². The highest BCUT2D eigenvalue weighted by Gasteiger charge is 2.36. The third-order valence-electron chi connectivity index (χ3n) is 9.04. The normalized spacial score (nSPS) is 14.5. The summed E-state index contributed by atoms with van der Waals surface area (Å²) in [6.07, 6.45) is 3.02. The maximum atomic E-state index is 13.8. The molecule has 7 heteroatoms. The Hall–Kier alpha value is -4.13. The molecule has 1 aliphatic heterocycles. The van der Waals surface area contributed by atoms with E-state index < -0.39 is 17.0 Å². The number of rotatable bonds is 11. The number of hydrogen-bond acceptors (Lipinski definition) is 4. The van der Waals surface area contributed by atoms with Crippen LogP contribution in [0.15, 0.2) is 72.8 Å². The average molecular weight is 626 g/mol. The molecule has 0 unspecified atom stereocenters. The standard InChI is InChI=1S/C39H51N3O4/c1-37(2,3)29-21-19-27(20-22-29)32-30(17-14-18-31(32)46-8)34(43)41-39(6,7)24-23-38(4,5)36(45)40-33(28-15-10-9-11-16-28)35(44)42-25-12-13-26-42/h9-11,14-22,33H,12-13,23-26H2,1-8H3,(H,40,45)(H,41,43)/t33-/m0/s1. The van der Waals surface area contributed by atoms with Crippen LogP contribution in [0.25, 0.3) is 11.1 Å². The molecule has 4 rings (SSSR count). The van der Waals surface area contributed by atoms with Crippen LogP contribution in [-0.4, -0.2) is 48.4 Å². The van der Waals surface area contributed by atoms with Gasteiger partial charge < -0.3 is 20.3 Å². The number of carbonyl (C=O) groups excluding carboxylic acids is 3. The molecule has 46 heavy (non-hydrogen) atoms. The first-order valence-corrected chi connectivity index (χ1v) is 16.4. The van der Waals surface area contributed by atoms with Crippen molar-refractivity contribution in [2.75, 3.05) is 20.2 Å². The second-order valence-corrected chi connectivity index (χ2v) is 14.8. The van der Waals surface area contributed by atoms with Gasteiger partial charge in [0.1, 0.15) is 11.8 Å². The highest BCUT2D eigenvalue weighted by Crippen LogP contribution is 2.36. The van der Waals surface area contributed by atoms with Gasteiger partial charge in [-0.2, -0.15) is 0 Å². The largest absolute Gasteiger partial charge is 0.496 e. The molecule has 246 valence electrons. The van der Waals surface area contributed by atoms with Crippen molar-refractivity contribution in [2.45, 2.75) is 91.1 Å². The van der Waals surface area contributed by atoms with E-state index in [4.69, 9.17) is 4.74 Å². The zero-order valence-corrected chi connectivity index (χ0v) is 28.8. The first-order valence-electron chi connectivity index (χ1n) is 16.4. The van der Waals surface area contributed by atoms with E-state index in [9.17, 15) is 14.4 Å². The third kappa shape index (κ3) is 8.36. The zero-order valence-electron chi connectivity index (χ0n) is 28.8. The number of ether oxygens (including phenoxy) is 1. The van der Waals surface area contributed by atoms with E-state index in [1.54, 1.807) is 7.11 Å². The summed E-state index contributed by atoms with van der Waals surface area (Å²) in [5.41, 5.74) is 2.78. The average Bonchev–Trinajstić information content (AvgIpc) is 3.57. The predicted molar refractivity (Wildman–Crippen MR) is 185 cm³/mol. The lowest BCUT2D eigenvalue weighted by Gasteiger charge is -2.33. The van der Waals surface area contributed by atoms with Crippen molar-refractivity contribution in [3.8, 4) is 16.9 Å². The summed E-state index contributed by atoms with van der Waals surface area (Å²) in [5.74, 6) is 0.164. The highest BCUT2D eigenvalue weighted by molar-refractivity contribution is 6.02. The van der Waals surface area contributed by atoms with Crippen LogP contribution in [0.5, 0.6) is 5.75 Å². The Kier molecular flexibility index (Phi) is 10.7. The van der Waals surface area contributed by atoms with Gasteiger partial charge in [-0.25, -0.2) is 0 Å². The molecule has 0 bridgehead atoms. The second-order valence-electron chi connectivity index (χ2n) is 14.8. The number of amides is 3. The number of nitrogens with zero attached hydrogens (tertiary/aromatic N) is 1. The van der Waals surface area contributed by atoms with Crippen molar-refractivity contribution < 1.29 is 19.1 Å². The van der Waals surface area contributed by atoms with Crippen molar-refractivity contribution in [1.29, 1.82) is 0 Å². The Balaban J connectivity index is 1.47. The van der Waals surface area contributed by atoms with Gasteiger partial charge in [-0.1, -0.05) is 95.3 Å². The Bertz CT molecular complexity index is 1520. The maximum absolute atomic E-state index is 13.8. The van der Waals surface area contributed by atoms with E-state index in [1.165, 1.54) is 5.56 Å². The minimum Gasteiger partial charge on any atom is -0.496 e. The summed E-state index contributed by atoms with van der Waals surface area (Å²) in [5, 5.41) is 6.29. The lowest BCUT2D eigenvalue weighted by molar-refractivity contribution is -0.138. The molecule has 0 radical (unpaired) electrons. The number of methoxy groups -OCH3 is 1. The predicted octanol–water partition coefficient (Wildman–Crippen LogP) is 7.45. The molecule has 1 atom stereocenters. The summed E-state index contributed by atoms with van der Waals surface area (Å²) in [7, 11) is 1.61. The molecule has 0 spiro atoms. The van der Waals surface area contributed by atoms with E-state index >= 15 is 0 Å². The number of benzene rings is 3. The molecule has 1 saturated heterocycles. The summed E-state index contributed by atoms with van der Waals surface area (Å²) in [6.45, 7) is 15.7. The topological polar surface area (TPSA) is 87.7 Å². The van der Waals surface area contributed by atoms with Gasteiger partial charge >= 0.3 is 0 Å². The van der Waals surface area contributed by atoms with Gasteiger partial charge in [-0.3, -0.25) is 14.4 Å². The zero-order chi connectivity index (χ0) is 33.7. The number of hydrogen-bond donors (Lipinski definition) is 2.